The van der Waals surface area contributed by atoms with Crippen LogP contribution >= 0.6 is 0 Å². The molecule has 0 radical (unpaired) electrons. The van der Waals surface area contributed by atoms with Crippen LogP contribution in [0.25, 0.3) is 0 Å². The largest absolute Gasteiger partial charge is 0.497 e. The number of methoxy groups -OCH3 is 1. The average molecular weight is 484 g/mol. The molecule has 3 aromatic rings. The molecule has 0 saturated carbocycles. The predicted octanol–water partition coefficient (Wildman–Crippen LogP) is 4.71. The number of alkyl halides is 3. The summed E-state index contributed by atoms with van der Waals surface area (Å²) in [5.74, 6) is 0.576. The average Bonchev–Trinajstić information content (AvgIpc) is 2.85. The lowest BCUT2D eigenvalue weighted by atomic mass is 10.2. The molecule has 1 aliphatic heterocycles. The standard InChI is InChI=1S/C25H23F3N4O3/c1-35-21-12-10-18(11-13-21)15-31-22(29-20-9-5-8-19(14-20)25(26,27)28)30-23(33)32(24(31)34)16-17-6-3-2-4-7-17/h2-14,24,34H,15-16H2,1H3,(H,29,30,33). The van der Waals surface area contributed by atoms with Crippen LogP contribution in [-0.2, 0) is 19.3 Å². The number of carbonyl (C=O) groups is 1. The number of carbonyl (C=O) groups excluding carboxylic acids is 1. The van der Waals surface area contributed by atoms with Gasteiger partial charge in [-0.15, -0.1) is 0 Å². The molecule has 0 aliphatic carbocycles. The first kappa shape index (κ1) is 24.1. The van der Waals surface area contributed by atoms with Crippen LogP contribution in [-0.4, -0.2) is 40.4 Å². The van der Waals surface area contributed by atoms with E-state index in [1.807, 2.05) is 30.3 Å². The lowest BCUT2D eigenvalue weighted by molar-refractivity contribution is -0.137. The Labute approximate surface area is 200 Å². The van der Waals surface area contributed by atoms with Crippen molar-refractivity contribution in [2.24, 2.45) is 4.99 Å². The minimum absolute atomic E-state index is 0.0152. The number of rotatable bonds is 6. The van der Waals surface area contributed by atoms with E-state index < -0.39 is 24.1 Å². The molecule has 1 atom stereocenters. The Morgan fingerprint density at radius 3 is 2.26 bits per heavy atom. The van der Waals surface area contributed by atoms with Gasteiger partial charge in [0.25, 0.3) is 0 Å². The van der Waals surface area contributed by atoms with Gasteiger partial charge in [0.2, 0.25) is 12.3 Å². The van der Waals surface area contributed by atoms with E-state index in [-0.39, 0.29) is 24.7 Å². The molecule has 4 rings (SSSR count). The Morgan fingerprint density at radius 1 is 0.943 bits per heavy atom. The summed E-state index contributed by atoms with van der Waals surface area (Å²) in [5, 5.41) is 13.8. The quantitative estimate of drug-likeness (QED) is 0.532. The summed E-state index contributed by atoms with van der Waals surface area (Å²) < 4.78 is 44.7. The number of benzene rings is 3. The zero-order valence-electron chi connectivity index (χ0n) is 18.7. The van der Waals surface area contributed by atoms with E-state index in [2.05, 4.69) is 10.3 Å². The molecule has 2 amide bonds. The molecule has 182 valence electrons. The summed E-state index contributed by atoms with van der Waals surface area (Å²) in [6.07, 6.45) is -5.96. The first-order valence-electron chi connectivity index (χ1n) is 10.7. The number of hydrogen-bond donors (Lipinski definition) is 2. The Bertz CT molecular complexity index is 1200. The molecule has 7 nitrogen and oxygen atoms in total. The second-order valence-corrected chi connectivity index (χ2v) is 7.85. The minimum Gasteiger partial charge on any atom is -0.497 e. The summed E-state index contributed by atoms with van der Waals surface area (Å²) in [5.41, 5.74) is 0.676. The maximum atomic E-state index is 13.2. The fourth-order valence-corrected chi connectivity index (χ4v) is 3.61. The van der Waals surface area contributed by atoms with Crippen LogP contribution in [0.5, 0.6) is 5.75 Å². The van der Waals surface area contributed by atoms with Crippen molar-refractivity contribution in [2.45, 2.75) is 25.6 Å². The number of guanidine groups is 1. The normalized spacial score (nSPS) is 17.5. The smallest absolute Gasteiger partial charge is 0.416 e. The summed E-state index contributed by atoms with van der Waals surface area (Å²) >= 11 is 0. The second-order valence-electron chi connectivity index (χ2n) is 7.85. The number of aliphatic imine (C=N–C) groups is 1. The van der Waals surface area contributed by atoms with Gasteiger partial charge >= 0.3 is 12.2 Å². The number of hydrogen-bond acceptors (Lipinski definition) is 4. The van der Waals surface area contributed by atoms with Crippen molar-refractivity contribution in [3.63, 3.8) is 0 Å². The first-order chi connectivity index (χ1) is 16.7. The van der Waals surface area contributed by atoms with E-state index in [1.165, 1.54) is 21.9 Å². The molecular formula is C25H23F3N4O3. The molecule has 1 heterocycles. The number of ether oxygens (including phenoxy) is 1. The van der Waals surface area contributed by atoms with Crippen LogP contribution in [0.2, 0.25) is 0 Å². The van der Waals surface area contributed by atoms with E-state index in [0.717, 1.165) is 23.3 Å². The van der Waals surface area contributed by atoms with Crippen LogP contribution in [0, 0.1) is 0 Å². The zero-order valence-corrected chi connectivity index (χ0v) is 18.7. The third-order valence-corrected chi connectivity index (χ3v) is 5.43. The van der Waals surface area contributed by atoms with Gasteiger partial charge in [-0.3, -0.25) is 15.1 Å². The Balaban J connectivity index is 1.68. The highest BCUT2D eigenvalue weighted by Crippen LogP contribution is 2.32. The Hall–Kier alpha value is -4.05. The fourth-order valence-electron chi connectivity index (χ4n) is 3.61. The van der Waals surface area contributed by atoms with Gasteiger partial charge in [-0.25, -0.2) is 9.79 Å². The minimum atomic E-state index is -4.54. The van der Waals surface area contributed by atoms with Crippen molar-refractivity contribution < 1.29 is 27.8 Å². The van der Waals surface area contributed by atoms with Gasteiger partial charge < -0.3 is 9.84 Å². The van der Waals surface area contributed by atoms with Crippen LogP contribution < -0.4 is 10.1 Å². The van der Waals surface area contributed by atoms with E-state index in [1.54, 1.807) is 31.4 Å². The van der Waals surface area contributed by atoms with E-state index in [4.69, 9.17) is 4.74 Å². The fraction of sp³-hybridized carbons (Fsp3) is 0.200. The van der Waals surface area contributed by atoms with Crippen LogP contribution in [0.4, 0.5) is 23.7 Å². The number of urea groups is 1. The van der Waals surface area contributed by atoms with Crippen LogP contribution in [0.15, 0.2) is 83.9 Å². The molecule has 0 aromatic heterocycles. The van der Waals surface area contributed by atoms with Gasteiger partial charge in [0, 0.05) is 0 Å². The number of halogens is 3. The highest BCUT2D eigenvalue weighted by atomic mass is 19.4. The molecule has 35 heavy (non-hydrogen) atoms. The highest BCUT2D eigenvalue weighted by Gasteiger charge is 2.36. The van der Waals surface area contributed by atoms with Gasteiger partial charge in [-0.05, 0) is 41.5 Å². The maximum Gasteiger partial charge on any atom is 0.416 e. The lowest BCUT2D eigenvalue weighted by Gasteiger charge is -2.42. The van der Waals surface area contributed by atoms with Gasteiger partial charge in [0.05, 0.1) is 31.5 Å². The predicted molar refractivity (Wildman–Crippen MR) is 124 cm³/mol. The van der Waals surface area contributed by atoms with Crippen molar-refractivity contribution in [1.82, 2.24) is 15.1 Å². The van der Waals surface area contributed by atoms with Crippen molar-refractivity contribution in [3.05, 3.63) is 95.6 Å². The summed E-state index contributed by atoms with van der Waals surface area (Å²) in [7, 11) is 1.54. The van der Waals surface area contributed by atoms with Crippen molar-refractivity contribution in [1.29, 1.82) is 0 Å². The number of nitrogens with one attached hydrogen (secondary N) is 1. The zero-order chi connectivity index (χ0) is 25.0. The van der Waals surface area contributed by atoms with Gasteiger partial charge in [0.15, 0.2) is 0 Å². The molecule has 2 N–H and O–H groups in total. The summed E-state index contributed by atoms with van der Waals surface area (Å²) in [4.78, 5) is 19.7. The van der Waals surface area contributed by atoms with Crippen LogP contribution in [0.3, 0.4) is 0 Å². The summed E-state index contributed by atoms with van der Waals surface area (Å²) in [6, 6.07) is 20.0. The number of nitrogens with zero attached hydrogens (tertiary/aromatic N) is 3. The van der Waals surface area contributed by atoms with Crippen molar-refractivity contribution in [3.8, 4) is 5.75 Å². The molecule has 1 unspecified atom stereocenters. The van der Waals surface area contributed by atoms with Gasteiger partial charge in [-0.1, -0.05) is 48.5 Å². The van der Waals surface area contributed by atoms with Gasteiger partial charge in [0.1, 0.15) is 5.75 Å². The van der Waals surface area contributed by atoms with Crippen LogP contribution in [0.1, 0.15) is 16.7 Å². The number of amides is 2. The van der Waals surface area contributed by atoms with Crippen molar-refractivity contribution in [2.75, 3.05) is 7.11 Å². The molecule has 1 saturated heterocycles. The van der Waals surface area contributed by atoms with E-state index in [9.17, 15) is 23.1 Å². The molecule has 0 spiro atoms. The molecule has 1 aliphatic rings. The monoisotopic (exact) mass is 484 g/mol. The number of aliphatic hydroxyl groups is 1. The van der Waals surface area contributed by atoms with E-state index >= 15 is 0 Å². The van der Waals surface area contributed by atoms with Crippen molar-refractivity contribution >= 4 is 17.7 Å². The lowest BCUT2D eigenvalue weighted by Crippen LogP contribution is -2.64. The Kier molecular flexibility index (Phi) is 6.92. The number of aliphatic hydroxyl groups excluding tert-OH is 1. The third-order valence-electron chi connectivity index (χ3n) is 5.43. The third kappa shape index (κ3) is 5.72. The highest BCUT2D eigenvalue weighted by molar-refractivity contribution is 5.99. The van der Waals surface area contributed by atoms with Gasteiger partial charge in [-0.2, -0.15) is 13.2 Å². The molecule has 3 aromatic carbocycles. The molecule has 1 fully saturated rings. The molecular weight excluding hydrogens is 461 g/mol. The maximum absolute atomic E-state index is 13.2. The topological polar surface area (TPSA) is 77.4 Å². The Morgan fingerprint density at radius 2 is 1.60 bits per heavy atom. The first-order valence-corrected chi connectivity index (χ1v) is 10.7. The molecule has 0 bridgehead atoms. The summed E-state index contributed by atoms with van der Waals surface area (Å²) in [6.45, 7) is 0.234. The second kappa shape index (κ2) is 10.1. The van der Waals surface area contributed by atoms with E-state index in [0.29, 0.717) is 5.75 Å². The molecule has 10 heteroatoms. The SMILES string of the molecule is COc1ccc(CN2C(=Nc3cccc(C(F)(F)F)c3)NC(=O)N(Cc3ccccc3)C2O)cc1.